The van der Waals surface area contributed by atoms with Gasteiger partial charge in [-0.3, -0.25) is 4.79 Å². The van der Waals surface area contributed by atoms with Gasteiger partial charge >= 0.3 is 0 Å². The van der Waals surface area contributed by atoms with E-state index in [1.165, 1.54) is 4.31 Å². The summed E-state index contributed by atoms with van der Waals surface area (Å²) in [6.07, 6.45) is 1.13. The Hall–Kier alpha value is -1.66. The van der Waals surface area contributed by atoms with Crippen molar-refractivity contribution in [1.82, 2.24) is 9.21 Å². The molecular weight excluding hydrogens is 348 g/mol. The summed E-state index contributed by atoms with van der Waals surface area (Å²) < 4.78 is 27.4. The number of nitrogens with zero attached hydrogens (tertiary/aromatic N) is 2. The molecule has 0 aromatic heterocycles. The van der Waals surface area contributed by atoms with E-state index in [2.05, 4.69) is 6.58 Å². The third-order valence-corrected chi connectivity index (χ3v) is 6.96. The largest absolute Gasteiger partial charge is 0.339 e. The second-order valence-corrected chi connectivity index (χ2v) is 9.16. The molecule has 144 valence electrons. The van der Waals surface area contributed by atoms with Crippen LogP contribution in [0.25, 0.3) is 0 Å². The molecule has 0 spiro atoms. The van der Waals surface area contributed by atoms with Gasteiger partial charge in [0.05, 0.1) is 4.90 Å². The lowest BCUT2D eigenvalue weighted by Gasteiger charge is -2.33. The average molecular weight is 379 g/mol. The lowest BCUT2D eigenvalue weighted by molar-refractivity contribution is -0.136. The summed E-state index contributed by atoms with van der Waals surface area (Å²) in [6.45, 7) is 13.5. The zero-order valence-corrected chi connectivity index (χ0v) is 17.1. The van der Waals surface area contributed by atoms with Gasteiger partial charge in [0.25, 0.3) is 0 Å². The van der Waals surface area contributed by atoms with Crippen LogP contribution >= 0.6 is 0 Å². The first kappa shape index (κ1) is 20.6. The molecule has 1 fully saturated rings. The molecule has 26 heavy (non-hydrogen) atoms. The Morgan fingerprint density at radius 1 is 1.27 bits per heavy atom. The molecule has 2 rings (SSSR count). The molecule has 1 aromatic carbocycles. The third kappa shape index (κ3) is 4.54. The van der Waals surface area contributed by atoms with Crippen LogP contribution in [0.2, 0.25) is 0 Å². The quantitative estimate of drug-likeness (QED) is 0.715. The van der Waals surface area contributed by atoms with Crippen molar-refractivity contribution in [2.24, 2.45) is 5.92 Å². The molecular formula is C20H30N2O3S. The van der Waals surface area contributed by atoms with Gasteiger partial charge in [-0.2, -0.15) is 4.31 Å². The molecule has 0 N–H and O–H groups in total. The summed E-state index contributed by atoms with van der Waals surface area (Å²) in [4.78, 5) is 14.9. The molecule has 1 aromatic rings. The Labute approximate surface area is 157 Å². The second-order valence-electron chi connectivity index (χ2n) is 7.26. The maximum atomic E-state index is 13.0. The van der Waals surface area contributed by atoms with Crippen molar-refractivity contribution in [3.8, 4) is 0 Å². The Bertz CT molecular complexity index is 778. The van der Waals surface area contributed by atoms with Gasteiger partial charge in [0.1, 0.15) is 0 Å². The minimum atomic E-state index is -3.51. The van der Waals surface area contributed by atoms with Gasteiger partial charge in [-0.1, -0.05) is 29.8 Å². The Morgan fingerprint density at radius 3 is 2.38 bits per heavy atom. The smallest absolute Gasteiger partial charge is 0.243 e. The number of benzene rings is 1. The van der Waals surface area contributed by atoms with E-state index in [-0.39, 0.29) is 11.8 Å². The van der Waals surface area contributed by atoms with Crippen LogP contribution in [-0.2, 0) is 14.8 Å². The standard InChI is InChI=1S/C20H30N2O3S/c1-6-21(14-15(2)3)20(23)18-9-11-22(12-10-18)26(24,25)19-8-7-16(4)13-17(19)5/h7-8,13,18H,2,6,9-12,14H2,1,3-5H3. The molecule has 0 radical (unpaired) electrons. The van der Waals surface area contributed by atoms with E-state index in [4.69, 9.17) is 0 Å². The van der Waals surface area contributed by atoms with Crippen LogP contribution < -0.4 is 0 Å². The minimum absolute atomic E-state index is 0.110. The highest BCUT2D eigenvalue weighted by molar-refractivity contribution is 7.89. The van der Waals surface area contributed by atoms with Gasteiger partial charge in [0, 0.05) is 32.1 Å². The average Bonchev–Trinajstić information content (AvgIpc) is 2.58. The normalized spacial score (nSPS) is 16.5. The zero-order valence-electron chi connectivity index (χ0n) is 16.3. The van der Waals surface area contributed by atoms with E-state index in [1.54, 1.807) is 11.0 Å². The molecule has 0 bridgehead atoms. The molecule has 5 nitrogen and oxygen atoms in total. The fourth-order valence-electron chi connectivity index (χ4n) is 3.50. The number of hydrogen-bond donors (Lipinski definition) is 0. The summed E-state index contributed by atoms with van der Waals surface area (Å²) in [5.41, 5.74) is 2.76. The first-order valence-electron chi connectivity index (χ1n) is 9.17. The van der Waals surface area contributed by atoms with E-state index in [0.717, 1.165) is 16.7 Å². The van der Waals surface area contributed by atoms with E-state index in [0.29, 0.717) is 43.9 Å². The number of carbonyl (C=O) groups excluding carboxylic acids is 1. The fourth-order valence-corrected chi connectivity index (χ4v) is 5.18. The molecule has 1 heterocycles. The van der Waals surface area contributed by atoms with Crippen molar-refractivity contribution in [3.05, 3.63) is 41.5 Å². The van der Waals surface area contributed by atoms with Crippen molar-refractivity contribution in [1.29, 1.82) is 0 Å². The molecule has 1 amide bonds. The molecule has 6 heteroatoms. The molecule has 1 saturated heterocycles. The summed E-state index contributed by atoms with van der Waals surface area (Å²) in [5, 5.41) is 0. The predicted molar refractivity (Wildman–Crippen MR) is 104 cm³/mol. The topological polar surface area (TPSA) is 57.7 Å². The zero-order chi connectivity index (χ0) is 19.5. The minimum Gasteiger partial charge on any atom is -0.339 e. The van der Waals surface area contributed by atoms with E-state index in [1.807, 2.05) is 39.8 Å². The summed E-state index contributed by atoms with van der Waals surface area (Å²) in [5.74, 6) is -0.000992. The number of rotatable bonds is 6. The molecule has 0 aliphatic carbocycles. The Kier molecular flexibility index (Phi) is 6.64. The molecule has 0 saturated carbocycles. The second kappa shape index (κ2) is 8.35. The van der Waals surface area contributed by atoms with Crippen LogP contribution in [0.1, 0.15) is 37.8 Å². The van der Waals surface area contributed by atoms with E-state index < -0.39 is 10.0 Å². The van der Waals surface area contributed by atoms with Gasteiger partial charge in [-0.25, -0.2) is 8.42 Å². The van der Waals surface area contributed by atoms with E-state index in [9.17, 15) is 13.2 Å². The number of amides is 1. The molecule has 0 atom stereocenters. The van der Waals surface area contributed by atoms with Crippen LogP contribution in [0.3, 0.4) is 0 Å². The van der Waals surface area contributed by atoms with Crippen molar-refractivity contribution >= 4 is 15.9 Å². The van der Waals surface area contributed by atoms with Crippen molar-refractivity contribution in [2.45, 2.75) is 45.4 Å². The fraction of sp³-hybridized carbons (Fsp3) is 0.550. The maximum absolute atomic E-state index is 13.0. The van der Waals surface area contributed by atoms with Gasteiger partial charge in [-0.05, 0) is 52.2 Å². The van der Waals surface area contributed by atoms with Crippen molar-refractivity contribution < 1.29 is 13.2 Å². The molecule has 1 aliphatic rings. The SMILES string of the molecule is C=C(C)CN(CC)C(=O)C1CCN(S(=O)(=O)c2ccc(C)cc2C)CC1. The van der Waals surface area contributed by atoms with Crippen LogP contribution in [0.5, 0.6) is 0 Å². The van der Waals surface area contributed by atoms with Crippen LogP contribution in [-0.4, -0.2) is 49.7 Å². The lowest BCUT2D eigenvalue weighted by Crippen LogP contribution is -2.44. The third-order valence-electron chi connectivity index (χ3n) is 4.91. The number of likely N-dealkylation sites (N-methyl/N-ethyl adjacent to an activating group) is 1. The number of aryl methyl sites for hydroxylation is 2. The summed E-state index contributed by atoms with van der Waals surface area (Å²) >= 11 is 0. The van der Waals surface area contributed by atoms with Gasteiger partial charge < -0.3 is 4.90 Å². The predicted octanol–water partition coefficient (Wildman–Crippen LogP) is 3.13. The molecule has 1 aliphatic heterocycles. The van der Waals surface area contributed by atoms with Crippen molar-refractivity contribution in [2.75, 3.05) is 26.2 Å². The lowest BCUT2D eigenvalue weighted by atomic mass is 9.96. The Morgan fingerprint density at radius 2 is 1.88 bits per heavy atom. The Balaban J connectivity index is 2.07. The molecule has 0 unspecified atom stereocenters. The monoisotopic (exact) mass is 378 g/mol. The van der Waals surface area contributed by atoms with E-state index >= 15 is 0 Å². The highest BCUT2D eigenvalue weighted by atomic mass is 32.2. The van der Waals surface area contributed by atoms with Gasteiger partial charge in [0.2, 0.25) is 15.9 Å². The summed E-state index contributed by atoms with van der Waals surface area (Å²) in [6, 6.07) is 5.40. The number of sulfonamides is 1. The van der Waals surface area contributed by atoms with Crippen LogP contribution in [0.15, 0.2) is 35.2 Å². The summed E-state index contributed by atoms with van der Waals surface area (Å²) in [7, 11) is -3.51. The maximum Gasteiger partial charge on any atom is 0.243 e. The van der Waals surface area contributed by atoms with Crippen molar-refractivity contribution in [3.63, 3.8) is 0 Å². The number of piperidine rings is 1. The first-order valence-corrected chi connectivity index (χ1v) is 10.6. The van der Waals surface area contributed by atoms with Crippen LogP contribution in [0.4, 0.5) is 0 Å². The first-order chi connectivity index (χ1) is 12.2. The van der Waals surface area contributed by atoms with Gasteiger partial charge in [-0.15, -0.1) is 0 Å². The highest BCUT2D eigenvalue weighted by Gasteiger charge is 2.34. The number of carbonyl (C=O) groups is 1. The number of hydrogen-bond acceptors (Lipinski definition) is 3. The highest BCUT2D eigenvalue weighted by Crippen LogP contribution is 2.27. The van der Waals surface area contributed by atoms with Crippen LogP contribution in [0, 0.1) is 19.8 Å². The van der Waals surface area contributed by atoms with Gasteiger partial charge in [0.15, 0.2) is 0 Å².